The molecule has 0 saturated heterocycles. The van der Waals surface area contributed by atoms with Crippen molar-refractivity contribution in [2.45, 2.75) is 27.7 Å². The maximum atomic E-state index is 11.7. The van der Waals surface area contributed by atoms with Crippen LogP contribution in [0.25, 0.3) is 0 Å². The van der Waals surface area contributed by atoms with Gasteiger partial charge in [0.15, 0.2) is 0 Å². The Labute approximate surface area is 175 Å². The quantitative estimate of drug-likeness (QED) is 0.417. The third kappa shape index (κ3) is 10.2. The summed E-state index contributed by atoms with van der Waals surface area (Å²) in [6.45, 7) is 11.7. The molecule has 0 unspecified atom stereocenters. The molecule has 0 spiro atoms. The average Bonchev–Trinajstić information content (AvgIpc) is 2.76. The highest BCUT2D eigenvalue weighted by molar-refractivity contribution is 5.93. The lowest BCUT2D eigenvalue weighted by Crippen LogP contribution is -2.21. The molecule has 1 amide bonds. The second kappa shape index (κ2) is 15.0. The summed E-state index contributed by atoms with van der Waals surface area (Å²) in [5.74, 6) is -0.0335. The molecule has 154 valence electrons. The number of allylic oxidation sites excluding steroid dienone is 3. The highest BCUT2D eigenvalue weighted by Crippen LogP contribution is 2.13. The van der Waals surface area contributed by atoms with E-state index in [0.29, 0.717) is 0 Å². The lowest BCUT2D eigenvalue weighted by Gasteiger charge is -2.15. The van der Waals surface area contributed by atoms with Crippen LogP contribution in [0, 0.1) is 0 Å². The maximum absolute atomic E-state index is 11.7. The minimum atomic E-state index is -0.0335. The highest BCUT2D eigenvalue weighted by atomic mass is 16.2. The Morgan fingerprint density at radius 2 is 1.38 bits per heavy atom. The van der Waals surface area contributed by atoms with Crippen LogP contribution in [0.4, 0.5) is 11.4 Å². The Morgan fingerprint density at radius 3 is 1.86 bits per heavy atom. The number of benzene rings is 2. The first kappa shape index (κ1) is 24.1. The third-order valence-electron chi connectivity index (χ3n) is 4.24. The predicted octanol–water partition coefficient (Wildman–Crippen LogP) is 5.86. The number of carbonyl (C=O) groups is 1. The van der Waals surface area contributed by atoms with Gasteiger partial charge in [0.2, 0.25) is 5.91 Å². The van der Waals surface area contributed by atoms with Gasteiger partial charge in [-0.15, -0.1) is 0 Å². The number of hydrogen-bond donors (Lipinski definition) is 0. The minimum absolute atomic E-state index is 0.0335. The van der Waals surface area contributed by atoms with Crippen molar-refractivity contribution in [3.05, 3.63) is 85.1 Å². The number of para-hydroxylation sites is 2. The SMILES string of the molecule is CC(=O)N(/C=C/C=C/C=N/c1ccccc1)c1ccccc1.CCN(CC)CC. The van der Waals surface area contributed by atoms with Gasteiger partial charge in [-0.1, -0.05) is 63.2 Å². The fourth-order valence-corrected chi connectivity index (χ4v) is 2.53. The summed E-state index contributed by atoms with van der Waals surface area (Å²) in [5.41, 5.74) is 1.75. The van der Waals surface area contributed by atoms with Crippen LogP contribution in [0.1, 0.15) is 27.7 Å². The van der Waals surface area contributed by atoms with Gasteiger partial charge in [0, 0.05) is 25.0 Å². The molecule has 2 aromatic rings. The van der Waals surface area contributed by atoms with Crippen molar-refractivity contribution >= 4 is 23.5 Å². The van der Waals surface area contributed by atoms with Crippen molar-refractivity contribution in [1.82, 2.24) is 4.90 Å². The molecule has 0 saturated carbocycles. The van der Waals surface area contributed by atoms with E-state index in [1.807, 2.05) is 78.9 Å². The number of rotatable bonds is 8. The van der Waals surface area contributed by atoms with Gasteiger partial charge < -0.3 is 4.90 Å². The van der Waals surface area contributed by atoms with Gasteiger partial charge in [-0.25, -0.2) is 0 Å². The molecule has 0 aliphatic heterocycles. The van der Waals surface area contributed by atoms with E-state index in [4.69, 9.17) is 0 Å². The molecule has 0 radical (unpaired) electrons. The first-order valence-corrected chi connectivity index (χ1v) is 10.1. The Hall–Kier alpha value is -2.98. The van der Waals surface area contributed by atoms with Crippen LogP contribution in [0.2, 0.25) is 0 Å². The minimum Gasteiger partial charge on any atom is -0.304 e. The molecule has 0 fully saturated rings. The van der Waals surface area contributed by atoms with Gasteiger partial charge in [-0.05, 0) is 56.1 Å². The second-order valence-electron chi connectivity index (χ2n) is 6.18. The predicted molar refractivity (Wildman–Crippen MR) is 126 cm³/mol. The summed E-state index contributed by atoms with van der Waals surface area (Å²) in [6.07, 6.45) is 8.94. The third-order valence-corrected chi connectivity index (χ3v) is 4.24. The molecule has 0 heterocycles. The second-order valence-corrected chi connectivity index (χ2v) is 6.18. The zero-order valence-corrected chi connectivity index (χ0v) is 18.0. The molecule has 0 aliphatic carbocycles. The summed E-state index contributed by atoms with van der Waals surface area (Å²) >= 11 is 0. The lowest BCUT2D eigenvalue weighted by molar-refractivity contribution is -0.116. The molecule has 0 aromatic heterocycles. The van der Waals surface area contributed by atoms with E-state index in [2.05, 4.69) is 30.7 Å². The smallest absolute Gasteiger partial charge is 0.227 e. The van der Waals surface area contributed by atoms with Gasteiger partial charge in [0.05, 0.1) is 5.69 Å². The van der Waals surface area contributed by atoms with E-state index < -0.39 is 0 Å². The molecule has 0 bridgehead atoms. The molecule has 0 atom stereocenters. The van der Waals surface area contributed by atoms with Gasteiger partial charge in [-0.3, -0.25) is 14.7 Å². The summed E-state index contributed by atoms with van der Waals surface area (Å²) in [4.78, 5) is 19.9. The molecular formula is C25H33N3O. The summed E-state index contributed by atoms with van der Waals surface area (Å²) in [5, 5.41) is 0. The van der Waals surface area contributed by atoms with Crippen LogP contribution < -0.4 is 4.90 Å². The Kier molecular flexibility index (Phi) is 12.4. The molecular weight excluding hydrogens is 358 g/mol. The van der Waals surface area contributed by atoms with Crippen LogP contribution in [0.3, 0.4) is 0 Å². The highest BCUT2D eigenvalue weighted by Gasteiger charge is 2.05. The lowest BCUT2D eigenvalue weighted by atomic mass is 10.3. The zero-order chi connectivity index (χ0) is 21.3. The molecule has 0 aliphatic rings. The van der Waals surface area contributed by atoms with E-state index in [0.717, 1.165) is 11.4 Å². The number of aliphatic imine (C=N–C) groups is 1. The molecule has 0 N–H and O–H groups in total. The van der Waals surface area contributed by atoms with E-state index in [1.165, 1.54) is 26.6 Å². The maximum Gasteiger partial charge on any atom is 0.227 e. The Bertz CT molecular complexity index is 758. The largest absolute Gasteiger partial charge is 0.304 e. The van der Waals surface area contributed by atoms with Crippen LogP contribution in [-0.2, 0) is 4.79 Å². The van der Waals surface area contributed by atoms with E-state index >= 15 is 0 Å². The average molecular weight is 392 g/mol. The van der Waals surface area contributed by atoms with Crippen LogP contribution >= 0.6 is 0 Å². The van der Waals surface area contributed by atoms with Crippen molar-refractivity contribution in [1.29, 1.82) is 0 Å². The first-order chi connectivity index (χ1) is 14.1. The summed E-state index contributed by atoms with van der Waals surface area (Å²) in [7, 11) is 0. The summed E-state index contributed by atoms with van der Waals surface area (Å²) in [6, 6.07) is 19.2. The number of carbonyl (C=O) groups excluding carboxylic acids is 1. The van der Waals surface area contributed by atoms with E-state index in [-0.39, 0.29) is 5.91 Å². The Morgan fingerprint density at radius 1 is 0.828 bits per heavy atom. The van der Waals surface area contributed by atoms with Crippen LogP contribution in [-0.4, -0.2) is 36.7 Å². The number of amides is 1. The van der Waals surface area contributed by atoms with Crippen molar-refractivity contribution < 1.29 is 4.79 Å². The zero-order valence-electron chi connectivity index (χ0n) is 18.0. The van der Waals surface area contributed by atoms with Crippen molar-refractivity contribution in [2.24, 2.45) is 4.99 Å². The number of nitrogens with zero attached hydrogens (tertiary/aromatic N) is 3. The number of hydrogen-bond acceptors (Lipinski definition) is 3. The van der Waals surface area contributed by atoms with E-state index in [1.54, 1.807) is 17.3 Å². The van der Waals surface area contributed by atoms with Gasteiger partial charge in [0.1, 0.15) is 0 Å². The van der Waals surface area contributed by atoms with Crippen LogP contribution in [0.5, 0.6) is 0 Å². The molecule has 2 aromatic carbocycles. The fraction of sp³-hybridized carbons (Fsp3) is 0.280. The first-order valence-electron chi connectivity index (χ1n) is 10.1. The van der Waals surface area contributed by atoms with Crippen molar-refractivity contribution in [3.63, 3.8) is 0 Å². The summed E-state index contributed by atoms with van der Waals surface area (Å²) < 4.78 is 0. The standard InChI is InChI=1S/C19H18N2O.C6H15N/c1-17(22)21(19-13-7-3-8-14-19)16-10-4-9-15-20-18-11-5-2-6-12-18;1-4-7(5-2)6-3/h2-16H,1H3;4-6H2,1-3H3/b9-4+,16-10+,20-15+;. The topological polar surface area (TPSA) is 35.9 Å². The monoisotopic (exact) mass is 391 g/mol. The number of anilines is 1. The van der Waals surface area contributed by atoms with Crippen LogP contribution in [0.15, 0.2) is 90.1 Å². The van der Waals surface area contributed by atoms with Crippen molar-refractivity contribution in [2.75, 3.05) is 24.5 Å². The molecule has 29 heavy (non-hydrogen) atoms. The molecule has 4 heteroatoms. The van der Waals surface area contributed by atoms with Gasteiger partial charge >= 0.3 is 0 Å². The normalized spacial score (nSPS) is 11.2. The fourth-order valence-electron chi connectivity index (χ4n) is 2.53. The molecule has 2 rings (SSSR count). The van der Waals surface area contributed by atoms with Gasteiger partial charge in [-0.2, -0.15) is 0 Å². The van der Waals surface area contributed by atoms with Crippen molar-refractivity contribution in [3.8, 4) is 0 Å². The van der Waals surface area contributed by atoms with E-state index in [9.17, 15) is 4.79 Å². The Balaban J connectivity index is 0.000000516. The molecule has 4 nitrogen and oxygen atoms in total. The van der Waals surface area contributed by atoms with Gasteiger partial charge in [0.25, 0.3) is 0 Å².